The molecule has 0 aliphatic carbocycles. The van der Waals surface area contributed by atoms with Crippen LogP contribution in [0.2, 0.25) is 0 Å². The van der Waals surface area contributed by atoms with Crippen molar-refractivity contribution in [3.05, 3.63) is 90.0 Å². The summed E-state index contributed by atoms with van der Waals surface area (Å²) in [7, 11) is 0. The second kappa shape index (κ2) is 12.4. The zero-order valence-electron chi connectivity index (χ0n) is 22.2. The Morgan fingerprint density at radius 2 is 1.85 bits per heavy atom. The van der Waals surface area contributed by atoms with Crippen LogP contribution in [0.25, 0.3) is 11.3 Å². The number of pyridine rings is 1. The van der Waals surface area contributed by atoms with Gasteiger partial charge in [0.15, 0.2) is 17.4 Å². The maximum atomic E-state index is 15.1. The maximum Gasteiger partial charge on any atom is 0.228 e. The lowest BCUT2D eigenvalue weighted by Gasteiger charge is -2.41. The zero-order chi connectivity index (χ0) is 28.2. The first-order valence-corrected chi connectivity index (χ1v) is 14.6. The van der Waals surface area contributed by atoms with E-state index in [9.17, 15) is 8.78 Å². The van der Waals surface area contributed by atoms with Crippen molar-refractivity contribution in [1.82, 2.24) is 19.9 Å². The molecule has 2 aliphatic rings. The summed E-state index contributed by atoms with van der Waals surface area (Å²) in [4.78, 5) is 15.7. The third-order valence-electron chi connectivity index (χ3n) is 7.32. The smallest absolute Gasteiger partial charge is 0.228 e. The SMILES string of the molecule is Fc1cc(Oc2ncccc2-c2ccnc(NC3CC4CCCN(C4)C3)n2)c(F)c(F)c1NSCc1ccccc1. The molecule has 0 spiro atoms. The normalized spacial score (nSPS) is 19.9. The maximum absolute atomic E-state index is 15.1. The van der Waals surface area contributed by atoms with Crippen LogP contribution in [0.4, 0.5) is 24.8 Å². The number of hydrogen-bond acceptors (Lipinski definition) is 8. The van der Waals surface area contributed by atoms with E-state index >= 15 is 4.39 Å². The van der Waals surface area contributed by atoms with Crippen LogP contribution in [0, 0.1) is 23.4 Å². The molecule has 0 radical (unpaired) electrons. The predicted molar refractivity (Wildman–Crippen MR) is 154 cm³/mol. The van der Waals surface area contributed by atoms with Crippen molar-refractivity contribution in [1.29, 1.82) is 0 Å². The van der Waals surface area contributed by atoms with Crippen LogP contribution in [-0.2, 0) is 5.75 Å². The molecular weight excluding hydrogens is 549 g/mol. The summed E-state index contributed by atoms with van der Waals surface area (Å²) in [5, 5.41) is 3.45. The molecule has 3 atom stereocenters. The van der Waals surface area contributed by atoms with Gasteiger partial charge in [-0.15, -0.1) is 0 Å². The molecule has 4 heterocycles. The summed E-state index contributed by atoms with van der Waals surface area (Å²) < 4.78 is 53.1. The van der Waals surface area contributed by atoms with Gasteiger partial charge in [0.2, 0.25) is 17.6 Å². The van der Waals surface area contributed by atoms with Gasteiger partial charge in [-0.05, 0) is 67.4 Å². The third-order valence-corrected chi connectivity index (χ3v) is 8.15. The van der Waals surface area contributed by atoms with Gasteiger partial charge in [0, 0.05) is 43.3 Å². The van der Waals surface area contributed by atoms with E-state index in [-0.39, 0.29) is 11.9 Å². The fourth-order valence-corrected chi connectivity index (χ4v) is 6.20. The molecule has 2 bridgehead atoms. The molecule has 41 heavy (non-hydrogen) atoms. The van der Waals surface area contributed by atoms with Crippen molar-refractivity contribution in [2.45, 2.75) is 31.1 Å². The number of halogens is 3. The molecule has 7 nitrogen and oxygen atoms in total. The van der Waals surface area contributed by atoms with Gasteiger partial charge in [0.25, 0.3) is 0 Å². The van der Waals surface area contributed by atoms with Gasteiger partial charge in [0.05, 0.1) is 11.3 Å². The van der Waals surface area contributed by atoms with Gasteiger partial charge in [-0.25, -0.2) is 23.7 Å². The summed E-state index contributed by atoms with van der Waals surface area (Å²) in [5.41, 5.74) is 1.30. The Balaban J connectivity index is 1.18. The van der Waals surface area contributed by atoms with Crippen molar-refractivity contribution < 1.29 is 17.9 Å². The van der Waals surface area contributed by atoms with Crippen LogP contribution in [0.5, 0.6) is 11.6 Å². The third kappa shape index (κ3) is 6.41. The Bertz CT molecular complexity index is 1500. The first-order valence-electron chi connectivity index (χ1n) is 13.6. The fraction of sp³-hybridized carbons (Fsp3) is 0.300. The molecule has 2 N–H and O–H groups in total. The second-order valence-electron chi connectivity index (χ2n) is 10.3. The zero-order valence-corrected chi connectivity index (χ0v) is 23.0. The topological polar surface area (TPSA) is 75.2 Å². The number of rotatable bonds is 9. The highest BCUT2D eigenvalue weighted by Crippen LogP contribution is 2.36. The standard InChI is InChI=1S/C30H29F3N6OS/c31-23-15-25(26(32)27(33)28(23)38-41-18-19-6-2-1-3-7-19)40-29-22(9-4-11-34-29)24-10-12-35-30(37-24)36-21-14-20-8-5-13-39(16-20)17-21/h1-4,6-7,9-12,15,20-21,38H,5,8,13-14,16-18H2,(H,35,36,37). The predicted octanol–water partition coefficient (Wildman–Crippen LogP) is 6.90. The second-order valence-corrected chi connectivity index (χ2v) is 11.1. The number of nitrogens with zero attached hydrogens (tertiary/aromatic N) is 4. The van der Waals surface area contributed by atoms with Crippen LogP contribution in [-0.4, -0.2) is 45.5 Å². The highest BCUT2D eigenvalue weighted by Gasteiger charge is 2.30. The Kier molecular flexibility index (Phi) is 8.24. The molecule has 11 heteroatoms. The van der Waals surface area contributed by atoms with E-state index in [1.54, 1.807) is 24.4 Å². The lowest BCUT2D eigenvalue weighted by Crippen LogP contribution is -2.49. The Labute approximate surface area is 240 Å². The Morgan fingerprint density at radius 3 is 2.71 bits per heavy atom. The van der Waals surface area contributed by atoms with Crippen molar-refractivity contribution in [2.24, 2.45) is 5.92 Å². The van der Waals surface area contributed by atoms with E-state index in [4.69, 9.17) is 4.74 Å². The lowest BCUT2D eigenvalue weighted by molar-refractivity contribution is 0.115. The molecule has 6 rings (SSSR count). The van der Waals surface area contributed by atoms with Gasteiger partial charge in [-0.1, -0.05) is 30.3 Å². The summed E-state index contributed by atoms with van der Waals surface area (Å²) >= 11 is 1.05. The molecule has 212 valence electrons. The van der Waals surface area contributed by atoms with Gasteiger partial charge in [-0.2, -0.15) is 4.39 Å². The van der Waals surface area contributed by atoms with Crippen LogP contribution < -0.4 is 14.8 Å². The van der Waals surface area contributed by atoms with E-state index in [0.29, 0.717) is 28.9 Å². The largest absolute Gasteiger partial charge is 0.435 e. The summed E-state index contributed by atoms with van der Waals surface area (Å²) in [6.07, 6.45) is 6.63. The quantitative estimate of drug-likeness (QED) is 0.164. The minimum atomic E-state index is -1.38. The molecule has 4 aromatic rings. The van der Waals surface area contributed by atoms with Gasteiger partial charge >= 0.3 is 0 Å². The van der Waals surface area contributed by atoms with Crippen LogP contribution in [0.15, 0.2) is 67.0 Å². The number of fused-ring (bicyclic) bond motifs is 2. The molecule has 2 saturated heterocycles. The van der Waals surface area contributed by atoms with Crippen LogP contribution >= 0.6 is 11.9 Å². The molecule has 3 unspecified atom stereocenters. The number of piperidine rings is 2. The highest BCUT2D eigenvalue weighted by molar-refractivity contribution is 7.99. The molecule has 2 aliphatic heterocycles. The van der Waals surface area contributed by atoms with E-state index < -0.39 is 28.9 Å². The summed E-state index contributed by atoms with van der Waals surface area (Å²) in [5.74, 6) is -2.76. The first-order chi connectivity index (χ1) is 20.0. The van der Waals surface area contributed by atoms with Crippen molar-refractivity contribution in [3.8, 4) is 22.9 Å². The average Bonchev–Trinajstić information content (AvgIpc) is 2.98. The lowest BCUT2D eigenvalue weighted by atomic mass is 9.87. The van der Waals surface area contributed by atoms with Crippen molar-refractivity contribution in [3.63, 3.8) is 0 Å². The fourth-order valence-electron chi connectivity index (χ4n) is 5.44. The molecule has 2 aromatic heterocycles. The van der Waals surface area contributed by atoms with Gasteiger partial charge in [0.1, 0.15) is 5.69 Å². The van der Waals surface area contributed by atoms with Gasteiger partial charge in [-0.3, -0.25) is 0 Å². The number of anilines is 2. The van der Waals surface area contributed by atoms with E-state index in [1.165, 1.54) is 19.0 Å². The molecule has 2 aromatic carbocycles. The van der Waals surface area contributed by atoms with Crippen molar-refractivity contribution in [2.75, 3.05) is 29.7 Å². The minimum absolute atomic E-state index is 0.0349. The summed E-state index contributed by atoms with van der Waals surface area (Å²) in [6.45, 7) is 3.21. The monoisotopic (exact) mass is 578 g/mol. The number of aromatic nitrogens is 3. The van der Waals surface area contributed by atoms with E-state index in [0.717, 1.165) is 49.6 Å². The van der Waals surface area contributed by atoms with Crippen LogP contribution in [0.1, 0.15) is 24.8 Å². The molecular formula is C30H29F3N6OS. The van der Waals surface area contributed by atoms with E-state index in [2.05, 4.69) is 29.9 Å². The molecule has 0 amide bonds. The Hall–Kier alpha value is -3.83. The molecule has 0 saturated carbocycles. The molecule has 2 fully saturated rings. The number of hydrogen-bond donors (Lipinski definition) is 2. The summed E-state index contributed by atoms with van der Waals surface area (Å²) in [6, 6.07) is 15.5. The van der Waals surface area contributed by atoms with Crippen LogP contribution in [0.3, 0.4) is 0 Å². The number of nitrogens with one attached hydrogen (secondary N) is 2. The highest BCUT2D eigenvalue weighted by atomic mass is 32.2. The average molecular weight is 579 g/mol. The Morgan fingerprint density at radius 1 is 0.976 bits per heavy atom. The first kappa shape index (κ1) is 27.3. The van der Waals surface area contributed by atoms with E-state index in [1.807, 2.05) is 30.3 Å². The van der Waals surface area contributed by atoms with Gasteiger partial charge < -0.3 is 19.7 Å². The number of benzene rings is 2. The minimum Gasteiger partial charge on any atom is -0.435 e. The van der Waals surface area contributed by atoms with Crippen molar-refractivity contribution >= 4 is 23.6 Å². The number of ether oxygens (including phenoxy) is 1.